The number of piperidine rings is 1. The maximum atomic E-state index is 12.8. The molecule has 184 valence electrons. The van der Waals surface area contributed by atoms with Gasteiger partial charge in [0, 0.05) is 38.3 Å². The Bertz CT molecular complexity index is 739. The maximum absolute atomic E-state index is 12.8. The highest BCUT2D eigenvalue weighted by atomic mass is 16.5. The van der Waals surface area contributed by atoms with Gasteiger partial charge in [0.05, 0.1) is 26.4 Å². The van der Waals surface area contributed by atoms with E-state index in [-0.39, 0.29) is 17.6 Å². The van der Waals surface area contributed by atoms with Crippen molar-refractivity contribution in [2.45, 2.75) is 63.5 Å². The minimum Gasteiger partial charge on any atom is -0.490 e. The molecule has 0 bridgehead atoms. The van der Waals surface area contributed by atoms with E-state index in [1.165, 1.54) is 32.1 Å². The Morgan fingerprint density at radius 3 is 2.45 bits per heavy atom. The molecule has 0 atom stereocenters. The Labute approximate surface area is 198 Å². The lowest BCUT2D eigenvalue weighted by molar-refractivity contribution is -0.124. The highest BCUT2D eigenvalue weighted by Gasteiger charge is 2.39. The number of likely N-dealkylation sites (tertiary alicyclic amines) is 1. The van der Waals surface area contributed by atoms with Crippen LogP contribution >= 0.6 is 0 Å². The summed E-state index contributed by atoms with van der Waals surface area (Å²) in [6, 6.07) is 7.87. The largest absolute Gasteiger partial charge is 0.490 e. The van der Waals surface area contributed by atoms with Gasteiger partial charge < -0.3 is 19.5 Å². The number of hydrogen-bond acceptors (Lipinski definition) is 6. The lowest BCUT2D eigenvalue weighted by Gasteiger charge is -2.48. The monoisotopic (exact) mass is 459 g/mol. The molecule has 0 radical (unpaired) electrons. The van der Waals surface area contributed by atoms with Crippen molar-refractivity contribution in [3.05, 3.63) is 24.3 Å². The molecule has 7 nitrogen and oxygen atoms in total. The summed E-state index contributed by atoms with van der Waals surface area (Å²) < 4.78 is 17.5. The summed E-state index contributed by atoms with van der Waals surface area (Å²) in [5, 5.41) is 3.30. The summed E-state index contributed by atoms with van der Waals surface area (Å²) >= 11 is 0. The van der Waals surface area contributed by atoms with Gasteiger partial charge in [0.25, 0.3) is 0 Å². The van der Waals surface area contributed by atoms with E-state index in [9.17, 15) is 4.79 Å². The normalized spacial score (nSPS) is 22.6. The molecular weight excluding hydrogens is 418 g/mol. The molecule has 0 unspecified atom stereocenters. The number of nitrogens with zero attached hydrogens (tertiary/aromatic N) is 2. The predicted molar refractivity (Wildman–Crippen MR) is 129 cm³/mol. The molecule has 3 aliphatic rings. The SMILES string of the molecule is CCOc1ccccc1OC1CCN(CC(=O)NCC2(N3CCOCC3)CCCCC2)CC1. The van der Waals surface area contributed by atoms with Crippen molar-refractivity contribution in [3.8, 4) is 11.5 Å². The van der Waals surface area contributed by atoms with Gasteiger partial charge in [-0.05, 0) is 44.7 Å². The van der Waals surface area contributed by atoms with E-state index in [0.29, 0.717) is 13.2 Å². The van der Waals surface area contributed by atoms with E-state index in [0.717, 1.165) is 70.3 Å². The summed E-state index contributed by atoms with van der Waals surface area (Å²) in [6.45, 7) is 9.18. The van der Waals surface area contributed by atoms with Gasteiger partial charge in [-0.3, -0.25) is 14.6 Å². The van der Waals surface area contributed by atoms with Crippen LogP contribution in [0, 0.1) is 0 Å². The summed E-state index contributed by atoms with van der Waals surface area (Å²) in [4.78, 5) is 17.7. The molecule has 1 aliphatic carbocycles. The summed E-state index contributed by atoms with van der Waals surface area (Å²) in [7, 11) is 0. The molecular formula is C26H41N3O4. The average Bonchev–Trinajstić information content (AvgIpc) is 2.86. The highest BCUT2D eigenvalue weighted by molar-refractivity contribution is 5.78. The first-order valence-electron chi connectivity index (χ1n) is 12.9. The van der Waals surface area contributed by atoms with Crippen LogP contribution in [-0.2, 0) is 9.53 Å². The quantitative estimate of drug-likeness (QED) is 0.612. The van der Waals surface area contributed by atoms with Crippen molar-refractivity contribution in [1.82, 2.24) is 15.1 Å². The second-order valence-corrected chi connectivity index (χ2v) is 9.63. The number of carbonyl (C=O) groups is 1. The van der Waals surface area contributed by atoms with Crippen LogP contribution in [-0.4, -0.2) is 86.4 Å². The van der Waals surface area contributed by atoms with Crippen molar-refractivity contribution in [1.29, 1.82) is 0 Å². The second-order valence-electron chi connectivity index (χ2n) is 9.63. The van der Waals surface area contributed by atoms with Crippen molar-refractivity contribution in [2.75, 3.05) is 59.1 Å². The van der Waals surface area contributed by atoms with Crippen LogP contribution in [0.3, 0.4) is 0 Å². The summed E-state index contributed by atoms with van der Waals surface area (Å²) in [5.74, 6) is 1.77. The zero-order chi connectivity index (χ0) is 22.9. The average molecular weight is 460 g/mol. The van der Waals surface area contributed by atoms with Gasteiger partial charge in [0.2, 0.25) is 5.91 Å². The van der Waals surface area contributed by atoms with Crippen molar-refractivity contribution in [3.63, 3.8) is 0 Å². The minimum atomic E-state index is 0.118. The Morgan fingerprint density at radius 2 is 1.76 bits per heavy atom. The first-order chi connectivity index (χ1) is 16.2. The number of rotatable bonds is 9. The molecule has 1 amide bonds. The molecule has 33 heavy (non-hydrogen) atoms. The predicted octanol–water partition coefficient (Wildman–Crippen LogP) is 3.08. The van der Waals surface area contributed by atoms with Gasteiger partial charge in [-0.25, -0.2) is 0 Å². The summed E-state index contributed by atoms with van der Waals surface area (Å²) in [5.41, 5.74) is 0.118. The van der Waals surface area contributed by atoms with Crippen molar-refractivity contribution < 1.29 is 19.0 Å². The first-order valence-corrected chi connectivity index (χ1v) is 12.9. The number of ether oxygens (including phenoxy) is 3. The number of carbonyl (C=O) groups excluding carboxylic acids is 1. The maximum Gasteiger partial charge on any atom is 0.234 e. The number of amides is 1. The Morgan fingerprint density at radius 1 is 1.06 bits per heavy atom. The second kappa shape index (κ2) is 12.0. The Balaban J connectivity index is 1.22. The molecule has 1 N–H and O–H groups in total. The third-order valence-corrected chi connectivity index (χ3v) is 7.43. The fraction of sp³-hybridized carbons (Fsp3) is 0.731. The summed E-state index contributed by atoms with van der Waals surface area (Å²) in [6.07, 6.45) is 8.19. The standard InChI is InChI=1S/C26H41N3O4/c1-2-32-23-8-4-5-9-24(23)33-22-10-14-28(15-11-22)20-25(30)27-21-26(12-6-3-7-13-26)29-16-18-31-19-17-29/h4-5,8-9,22H,2-3,6-7,10-21H2,1H3,(H,27,30). The Hall–Kier alpha value is -1.83. The number of benzene rings is 1. The molecule has 2 heterocycles. The van der Waals surface area contributed by atoms with Crippen molar-refractivity contribution >= 4 is 5.91 Å². The fourth-order valence-corrected chi connectivity index (χ4v) is 5.56. The number of morpholine rings is 1. The molecule has 2 saturated heterocycles. The molecule has 7 heteroatoms. The smallest absolute Gasteiger partial charge is 0.234 e. The first kappa shape index (κ1) is 24.3. The molecule has 0 spiro atoms. The molecule has 2 aliphatic heterocycles. The zero-order valence-corrected chi connectivity index (χ0v) is 20.2. The highest BCUT2D eigenvalue weighted by Crippen LogP contribution is 2.34. The lowest BCUT2D eigenvalue weighted by Crippen LogP contribution is -2.60. The van der Waals surface area contributed by atoms with Gasteiger partial charge in [0.15, 0.2) is 11.5 Å². The Kier molecular flexibility index (Phi) is 8.87. The van der Waals surface area contributed by atoms with E-state index in [2.05, 4.69) is 15.1 Å². The van der Waals surface area contributed by atoms with E-state index in [1.54, 1.807) is 0 Å². The van der Waals surface area contributed by atoms with Crippen LogP contribution in [0.5, 0.6) is 11.5 Å². The number of para-hydroxylation sites is 2. The van der Waals surface area contributed by atoms with Crippen LogP contribution in [0.2, 0.25) is 0 Å². The van der Waals surface area contributed by atoms with E-state index >= 15 is 0 Å². The number of nitrogens with one attached hydrogen (secondary N) is 1. The van der Waals surface area contributed by atoms with Gasteiger partial charge in [-0.1, -0.05) is 31.4 Å². The van der Waals surface area contributed by atoms with Gasteiger partial charge >= 0.3 is 0 Å². The van der Waals surface area contributed by atoms with Crippen LogP contribution in [0.1, 0.15) is 51.9 Å². The van der Waals surface area contributed by atoms with Crippen LogP contribution in [0.4, 0.5) is 0 Å². The van der Waals surface area contributed by atoms with Gasteiger partial charge in [0.1, 0.15) is 6.10 Å². The zero-order valence-electron chi connectivity index (χ0n) is 20.2. The molecule has 1 aromatic rings. The molecule has 3 fully saturated rings. The van der Waals surface area contributed by atoms with Crippen LogP contribution in [0.25, 0.3) is 0 Å². The van der Waals surface area contributed by atoms with E-state index in [1.807, 2.05) is 31.2 Å². The third-order valence-electron chi connectivity index (χ3n) is 7.43. The molecule has 1 aromatic carbocycles. The fourth-order valence-electron chi connectivity index (χ4n) is 5.56. The van der Waals surface area contributed by atoms with E-state index < -0.39 is 0 Å². The third kappa shape index (κ3) is 6.61. The van der Waals surface area contributed by atoms with Crippen LogP contribution in [0.15, 0.2) is 24.3 Å². The van der Waals surface area contributed by atoms with Crippen molar-refractivity contribution in [2.24, 2.45) is 0 Å². The van der Waals surface area contributed by atoms with Crippen LogP contribution < -0.4 is 14.8 Å². The molecule has 4 rings (SSSR count). The van der Waals surface area contributed by atoms with Gasteiger partial charge in [-0.15, -0.1) is 0 Å². The lowest BCUT2D eigenvalue weighted by atomic mass is 9.79. The topological polar surface area (TPSA) is 63.3 Å². The van der Waals surface area contributed by atoms with Gasteiger partial charge in [-0.2, -0.15) is 0 Å². The van der Waals surface area contributed by atoms with E-state index in [4.69, 9.17) is 14.2 Å². The molecule has 1 saturated carbocycles. The molecule has 0 aromatic heterocycles. The minimum absolute atomic E-state index is 0.118. The number of hydrogen-bond donors (Lipinski definition) is 1.